The number of benzene rings is 1. The number of imidazole rings is 1. The van der Waals surface area contributed by atoms with Crippen LogP contribution in [-0.4, -0.2) is 68.0 Å². The van der Waals surface area contributed by atoms with Gasteiger partial charge in [0.25, 0.3) is 0 Å². The Morgan fingerprint density at radius 1 is 0.897 bits per heavy atom. The van der Waals surface area contributed by atoms with Crippen LogP contribution in [0.5, 0.6) is 5.75 Å². The monoisotopic (exact) mass is 544 g/mol. The number of rotatable bonds is 15. The van der Waals surface area contributed by atoms with Gasteiger partial charge in [-0.05, 0) is 29.5 Å². The summed E-state index contributed by atoms with van der Waals surface area (Å²) >= 11 is 0. The molecule has 0 radical (unpaired) electrons. The minimum atomic E-state index is -1.25. The second-order valence-electron chi connectivity index (χ2n) is 9.90. The Balaban J connectivity index is 2.25. The Bertz CT molecular complexity index is 1090. The molecule has 0 aliphatic heterocycles. The molecule has 0 fully saturated rings. The van der Waals surface area contributed by atoms with Crippen molar-refractivity contribution < 1.29 is 29.4 Å². The van der Waals surface area contributed by atoms with Crippen LogP contribution >= 0.6 is 0 Å². The topological polar surface area (TPSA) is 200 Å². The highest BCUT2D eigenvalue weighted by atomic mass is 16.4. The van der Waals surface area contributed by atoms with Gasteiger partial charge in [0.05, 0.1) is 12.4 Å². The minimum absolute atomic E-state index is 0.0186. The van der Waals surface area contributed by atoms with E-state index in [4.69, 9.17) is 5.73 Å². The number of H-pyrrole nitrogens is 1. The summed E-state index contributed by atoms with van der Waals surface area (Å²) < 4.78 is 0. The Morgan fingerprint density at radius 3 is 2.05 bits per heavy atom. The second-order valence-corrected chi connectivity index (χ2v) is 9.90. The molecular weight excluding hydrogens is 504 g/mol. The summed E-state index contributed by atoms with van der Waals surface area (Å²) in [5, 5.41) is 27.2. The number of hydrogen-bond donors (Lipinski definition) is 7. The Hall–Kier alpha value is -3.93. The van der Waals surface area contributed by atoms with E-state index in [0.717, 1.165) is 0 Å². The summed E-state index contributed by atoms with van der Waals surface area (Å²) in [7, 11) is 0. The van der Waals surface area contributed by atoms with Gasteiger partial charge in [0.15, 0.2) is 0 Å². The number of nitrogens with one attached hydrogen (secondary N) is 4. The van der Waals surface area contributed by atoms with Gasteiger partial charge in [-0.1, -0.05) is 52.7 Å². The number of phenols is 1. The van der Waals surface area contributed by atoms with Crippen LogP contribution in [0.25, 0.3) is 0 Å². The molecule has 8 N–H and O–H groups in total. The molecular formula is C27H40N6O6. The lowest BCUT2D eigenvalue weighted by Crippen LogP contribution is -2.59. The molecule has 1 aromatic carbocycles. The predicted octanol–water partition coefficient (Wildman–Crippen LogP) is 0.859. The molecule has 12 heteroatoms. The molecule has 0 saturated heterocycles. The fourth-order valence-electron chi connectivity index (χ4n) is 3.89. The molecule has 0 bridgehead atoms. The number of nitrogens with zero attached hydrogens (tertiary/aromatic N) is 1. The normalized spacial score (nSPS) is 15.7. The van der Waals surface area contributed by atoms with Gasteiger partial charge in [-0.3, -0.25) is 14.4 Å². The van der Waals surface area contributed by atoms with E-state index in [-0.39, 0.29) is 30.4 Å². The average Bonchev–Trinajstić information content (AvgIpc) is 3.43. The van der Waals surface area contributed by atoms with Crippen molar-refractivity contribution in [2.45, 2.75) is 77.5 Å². The number of aromatic nitrogens is 2. The number of aromatic amines is 1. The third-order valence-electron chi connectivity index (χ3n) is 6.96. The number of carbonyl (C=O) groups excluding carboxylic acids is 3. The number of carbonyl (C=O) groups is 4. The lowest BCUT2D eigenvalue weighted by molar-refractivity contribution is -0.142. The number of hydrogen-bond acceptors (Lipinski definition) is 7. The first-order chi connectivity index (χ1) is 18.5. The lowest BCUT2D eigenvalue weighted by atomic mass is 9.96. The van der Waals surface area contributed by atoms with Gasteiger partial charge in [0, 0.05) is 24.7 Å². The summed E-state index contributed by atoms with van der Waals surface area (Å²) in [6.45, 7) is 7.36. The van der Waals surface area contributed by atoms with Gasteiger partial charge in [-0.2, -0.15) is 0 Å². The molecule has 0 spiro atoms. The zero-order valence-electron chi connectivity index (χ0n) is 22.8. The Kier molecular flexibility index (Phi) is 11.9. The van der Waals surface area contributed by atoms with Gasteiger partial charge in [0.2, 0.25) is 17.7 Å². The summed E-state index contributed by atoms with van der Waals surface area (Å²) in [6, 6.07) is 1.98. The third-order valence-corrected chi connectivity index (χ3v) is 6.96. The van der Waals surface area contributed by atoms with E-state index in [0.29, 0.717) is 24.1 Å². The van der Waals surface area contributed by atoms with Crippen molar-refractivity contribution in [3.05, 3.63) is 48.0 Å². The predicted molar refractivity (Wildman–Crippen MR) is 144 cm³/mol. The van der Waals surface area contributed by atoms with Crippen molar-refractivity contribution in [2.24, 2.45) is 17.6 Å². The summed E-state index contributed by atoms with van der Waals surface area (Å²) in [4.78, 5) is 58.1. The van der Waals surface area contributed by atoms with Gasteiger partial charge in [-0.15, -0.1) is 0 Å². The fourth-order valence-corrected chi connectivity index (χ4v) is 3.89. The zero-order valence-corrected chi connectivity index (χ0v) is 22.8. The van der Waals surface area contributed by atoms with Crippen molar-refractivity contribution in [3.8, 4) is 5.75 Å². The van der Waals surface area contributed by atoms with Crippen LogP contribution < -0.4 is 21.7 Å². The van der Waals surface area contributed by atoms with E-state index >= 15 is 0 Å². The van der Waals surface area contributed by atoms with Crippen molar-refractivity contribution in [2.75, 3.05) is 0 Å². The number of phenolic OH excluding ortho intramolecular Hbond substituents is 1. The number of carboxylic acid groups (broad SMARTS) is 1. The molecule has 1 aromatic heterocycles. The molecule has 6 unspecified atom stereocenters. The van der Waals surface area contributed by atoms with E-state index < -0.39 is 47.9 Å². The smallest absolute Gasteiger partial charge is 0.326 e. The molecule has 0 aliphatic rings. The van der Waals surface area contributed by atoms with Crippen LogP contribution in [0.3, 0.4) is 0 Å². The highest BCUT2D eigenvalue weighted by Crippen LogP contribution is 2.14. The van der Waals surface area contributed by atoms with Gasteiger partial charge in [-0.25, -0.2) is 9.78 Å². The van der Waals surface area contributed by atoms with Crippen LogP contribution in [0.2, 0.25) is 0 Å². The van der Waals surface area contributed by atoms with Crippen LogP contribution in [0.15, 0.2) is 36.8 Å². The number of carboxylic acids is 1. The van der Waals surface area contributed by atoms with Crippen LogP contribution in [0.1, 0.15) is 51.8 Å². The minimum Gasteiger partial charge on any atom is -0.508 e. The fraction of sp³-hybridized carbons (Fsp3) is 0.519. The van der Waals surface area contributed by atoms with Gasteiger partial charge < -0.3 is 36.9 Å². The first-order valence-corrected chi connectivity index (χ1v) is 13.1. The maximum Gasteiger partial charge on any atom is 0.326 e. The molecule has 0 saturated carbocycles. The molecule has 1 heterocycles. The van der Waals surface area contributed by atoms with E-state index in [1.54, 1.807) is 19.1 Å². The molecule has 2 rings (SSSR count). The highest BCUT2D eigenvalue weighted by molar-refractivity contribution is 5.94. The van der Waals surface area contributed by atoms with E-state index in [1.807, 2.05) is 20.8 Å². The standard InChI is InChI=1S/C27H40N6O6/c1-5-15(3)22(28)25(36)31-20(11-17-7-9-19(34)10-8-17)24(35)33-23(16(4)6-2)26(37)32-21(27(38)39)12-18-13-29-14-30-18/h7-10,13-16,20-23,34H,5-6,11-12,28H2,1-4H3,(H,29,30)(H,31,36)(H,32,37)(H,33,35)(H,38,39). The molecule has 0 aliphatic carbocycles. The van der Waals surface area contributed by atoms with Crippen molar-refractivity contribution in [3.63, 3.8) is 0 Å². The molecule has 3 amide bonds. The van der Waals surface area contributed by atoms with Crippen molar-refractivity contribution >= 4 is 23.7 Å². The molecule has 12 nitrogen and oxygen atoms in total. The summed E-state index contributed by atoms with van der Waals surface area (Å²) in [5.41, 5.74) is 7.28. The summed E-state index contributed by atoms with van der Waals surface area (Å²) in [5.74, 6) is -3.42. The quantitative estimate of drug-likeness (QED) is 0.171. The van der Waals surface area contributed by atoms with Crippen LogP contribution in [-0.2, 0) is 32.0 Å². The molecule has 6 atom stereocenters. The number of aliphatic carboxylic acids is 1. The van der Waals surface area contributed by atoms with Crippen molar-refractivity contribution in [1.29, 1.82) is 0 Å². The van der Waals surface area contributed by atoms with Gasteiger partial charge >= 0.3 is 5.97 Å². The zero-order chi connectivity index (χ0) is 29.1. The maximum atomic E-state index is 13.5. The second kappa shape index (κ2) is 14.9. The number of amides is 3. The summed E-state index contributed by atoms with van der Waals surface area (Å²) in [6.07, 6.45) is 4.13. The van der Waals surface area contributed by atoms with Crippen molar-refractivity contribution in [1.82, 2.24) is 25.9 Å². The van der Waals surface area contributed by atoms with E-state index in [1.165, 1.54) is 24.7 Å². The first-order valence-electron chi connectivity index (χ1n) is 13.1. The number of nitrogens with two attached hydrogens (primary N) is 1. The largest absolute Gasteiger partial charge is 0.508 e. The van der Waals surface area contributed by atoms with E-state index in [9.17, 15) is 29.4 Å². The average molecular weight is 545 g/mol. The molecule has 214 valence electrons. The maximum absolute atomic E-state index is 13.5. The Labute approximate surface area is 228 Å². The van der Waals surface area contributed by atoms with E-state index in [2.05, 4.69) is 25.9 Å². The molecule has 2 aromatic rings. The highest BCUT2D eigenvalue weighted by Gasteiger charge is 2.33. The number of aromatic hydroxyl groups is 1. The van der Waals surface area contributed by atoms with Crippen LogP contribution in [0, 0.1) is 11.8 Å². The molecule has 39 heavy (non-hydrogen) atoms. The van der Waals surface area contributed by atoms with Crippen LogP contribution in [0.4, 0.5) is 0 Å². The third kappa shape index (κ3) is 9.40. The Morgan fingerprint density at radius 2 is 1.51 bits per heavy atom. The lowest BCUT2D eigenvalue weighted by Gasteiger charge is -2.28. The first kappa shape index (κ1) is 31.3. The SMILES string of the molecule is CCC(C)C(N)C(=O)NC(Cc1ccc(O)cc1)C(=O)NC(C(=O)NC(Cc1cnc[nH]1)C(=O)O)C(C)CC. The van der Waals surface area contributed by atoms with Gasteiger partial charge in [0.1, 0.15) is 23.9 Å².